The van der Waals surface area contributed by atoms with E-state index in [1.165, 1.54) is 0 Å². The third-order valence-corrected chi connectivity index (χ3v) is 3.37. The molecule has 97 valence electrons. The van der Waals surface area contributed by atoms with Crippen LogP contribution in [0.2, 0.25) is 0 Å². The molecule has 0 bridgehead atoms. The van der Waals surface area contributed by atoms with Gasteiger partial charge in [-0.2, -0.15) is 0 Å². The van der Waals surface area contributed by atoms with Gasteiger partial charge in [-0.3, -0.25) is 20.2 Å². The van der Waals surface area contributed by atoms with Gasteiger partial charge >= 0.3 is 11.9 Å². The Morgan fingerprint density at radius 3 is 2.63 bits per heavy atom. The molecule has 2 unspecified atom stereocenters. The number of hydrogen-bond donors (Lipinski definition) is 3. The van der Waals surface area contributed by atoms with Crippen molar-refractivity contribution < 1.29 is 19.8 Å². The molecule has 0 saturated carbocycles. The highest BCUT2D eigenvalue weighted by Gasteiger charge is 2.40. The molecule has 19 heavy (non-hydrogen) atoms. The van der Waals surface area contributed by atoms with Crippen molar-refractivity contribution in [2.24, 2.45) is 0 Å². The van der Waals surface area contributed by atoms with Crippen LogP contribution < -0.4 is 10.6 Å². The summed E-state index contributed by atoms with van der Waals surface area (Å²) in [6.45, 7) is 0. The number of fused-ring (bicyclic) bond motifs is 2. The number of para-hydroxylation sites is 1. The molecule has 2 atom stereocenters. The van der Waals surface area contributed by atoms with Crippen LogP contribution in [-0.2, 0) is 9.59 Å². The number of hydrogen-bond acceptors (Lipinski definition) is 3. The fourth-order valence-electron chi connectivity index (χ4n) is 2.50. The van der Waals surface area contributed by atoms with Gasteiger partial charge in [0, 0.05) is 12.0 Å². The Labute approximate surface area is 108 Å². The Kier molecular flexibility index (Phi) is 2.53. The molecular weight excluding hydrogens is 248 g/mol. The number of carboxylic acids is 2. The van der Waals surface area contributed by atoms with Gasteiger partial charge in [-0.05, 0) is 11.6 Å². The summed E-state index contributed by atoms with van der Waals surface area (Å²) in [7, 11) is 0. The van der Waals surface area contributed by atoms with Crippen LogP contribution in [0.25, 0.3) is 5.57 Å². The molecule has 2 heterocycles. The molecule has 3 N–H and O–H groups in total. The molecule has 6 nitrogen and oxygen atoms in total. The number of nitrogens with zero attached hydrogens (tertiary/aromatic N) is 1. The molecule has 0 fully saturated rings. The molecular formula is C13H11N2O4. The second kappa shape index (κ2) is 4.10. The zero-order valence-electron chi connectivity index (χ0n) is 9.83. The Morgan fingerprint density at radius 1 is 1.21 bits per heavy atom. The summed E-state index contributed by atoms with van der Waals surface area (Å²) >= 11 is 0. The molecule has 6 heteroatoms. The Bertz CT molecular complexity index is 608. The van der Waals surface area contributed by atoms with Crippen LogP contribution in [0, 0.1) is 0 Å². The van der Waals surface area contributed by atoms with E-state index in [1.54, 1.807) is 6.07 Å². The van der Waals surface area contributed by atoms with Crippen LogP contribution >= 0.6 is 0 Å². The van der Waals surface area contributed by atoms with Crippen molar-refractivity contribution in [1.29, 1.82) is 0 Å². The van der Waals surface area contributed by atoms with Crippen LogP contribution in [0.15, 0.2) is 30.0 Å². The molecule has 2 aliphatic rings. The number of carbonyl (C=O) groups is 2. The maximum absolute atomic E-state index is 11.3. The fraction of sp³-hybridized carbons (Fsp3) is 0.231. The molecule has 0 aliphatic carbocycles. The number of benzene rings is 1. The van der Waals surface area contributed by atoms with Gasteiger partial charge < -0.3 is 10.2 Å². The summed E-state index contributed by atoms with van der Waals surface area (Å²) in [5.74, 6) is -2.17. The van der Waals surface area contributed by atoms with Crippen molar-refractivity contribution >= 4 is 23.2 Å². The smallest absolute Gasteiger partial charge is 0.327 e. The number of carboxylic acid groups (broad SMARTS) is 2. The van der Waals surface area contributed by atoms with Crippen molar-refractivity contribution in [3.63, 3.8) is 0 Å². The van der Waals surface area contributed by atoms with Crippen molar-refractivity contribution in [2.75, 3.05) is 0 Å². The summed E-state index contributed by atoms with van der Waals surface area (Å²) in [5, 5.41) is 25.2. The lowest BCUT2D eigenvalue weighted by molar-refractivity contribution is -0.142. The van der Waals surface area contributed by atoms with E-state index in [4.69, 9.17) is 5.11 Å². The molecule has 0 aromatic heterocycles. The zero-order valence-corrected chi connectivity index (χ0v) is 9.83. The fourth-order valence-corrected chi connectivity index (χ4v) is 2.50. The lowest BCUT2D eigenvalue weighted by Crippen LogP contribution is -2.51. The van der Waals surface area contributed by atoms with Crippen LogP contribution in [0.4, 0.5) is 5.69 Å². The van der Waals surface area contributed by atoms with Gasteiger partial charge in [-0.1, -0.05) is 18.2 Å². The molecule has 0 saturated heterocycles. The largest absolute Gasteiger partial charge is 0.480 e. The first-order valence-corrected chi connectivity index (χ1v) is 5.84. The van der Waals surface area contributed by atoms with Crippen LogP contribution in [0.3, 0.4) is 0 Å². The topological polar surface area (TPSA) is 101 Å². The summed E-state index contributed by atoms with van der Waals surface area (Å²) in [4.78, 5) is 22.4. The molecule has 2 aliphatic heterocycles. The standard InChI is InChI=1S/C13H11N2O4/c16-12(17)9-5-7-6-3-1-2-4-8(6)14-10(7)11(15-9)13(18)19/h1-4,9,11,15H,5H2,(H,16,17)(H,18,19). The second-order valence-electron chi connectivity index (χ2n) is 4.53. The van der Waals surface area contributed by atoms with Crippen LogP contribution in [-0.4, -0.2) is 34.2 Å². The van der Waals surface area contributed by atoms with Gasteiger partial charge in [0.05, 0.1) is 11.4 Å². The lowest BCUT2D eigenvalue weighted by Gasteiger charge is -2.27. The minimum Gasteiger partial charge on any atom is -0.480 e. The first-order valence-electron chi connectivity index (χ1n) is 5.84. The quantitative estimate of drug-likeness (QED) is 0.720. The highest BCUT2D eigenvalue weighted by atomic mass is 16.4. The first-order chi connectivity index (χ1) is 9.08. The SMILES string of the molecule is O=C(O)C1CC2=C([N]c3ccccc32)C(C(=O)O)N1. The summed E-state index contributed by atoms with van der Waals surface area (Å²) in [6, 6.07) is 5.31. The normalized spacial score (nSPS) is 24.4. The van der Waals surface area contributed by atoms with Crippen molar-refractivity contribution in [3.8, 4) is 0 Å². The molecule has 1 aromatic rings. The van der Waals surface area contributed by atoms with Gasteiger partial charge in [-0.15, -0.1) is 0 Å². The average Bonchev–Trinajstić information content (AvgIpc) is 2.75. The van der Waals surface area contributed by atoms with Gasteiger partial charge in [-0.25, -0.2) is 0 Å². The molecule has 3 rings (SSSR count). The van der Waals surface area contributed by atoms with E-state index >= 15 is 0 Å². The lowest BCUT2D eigenvalue weighted by atomic mass is 9.92. The number of nitrogens with one attached hydrogen (secondary N) is 1. The predicted molar refractivity (Wildman–Crippen MR) is 65.8 cm³/mol. The second-order valence-corrected chi connectivity index (χ2v) is 4.53. The number of rotatable bonds is 2. The predicted octanol–water partition coefficient (Wildman–Crippen LogP) is 0.547. The first kappa shape index (κ1) is 11.7. The van der Waals surface area contributed by atoms with Gasteiger partial charge in [0.1, 0.15) is 12.1 Å². The van der Waals surface area contributed by atoms with E-state index in [9.17, 15) is 14.7 Å². The molecule has 0 spiro atoms. The van der Waals surface area contributed by atoms with Crippen molar-refractivity contribution in [3.05, 3.63) is 35.5 Å². The van der Waals surface area contributed by atoms with E-state index in [0.29, 0.717) is 17.0 Å². The highest BCUT2D eigenvalue weighted by Crippen LogP contribution is 2.40. The Balaban J connectivity index is 2.07. The van der Waals surface area contributed by atoms with Crippen molar-refractivity contribution in [2.45, 2.75) is 18.5 Å². The summed E-state index contributed by atoms with van der Waals surface area (Å²) in [5.41, 5.74) is 2.67. The monoisotopic (exact) mass is 259 g/mol. The third kappa shape index (κ3) is 1.77. The van der Waals surface area contributed by atoms with E-state index in [1.807, 2.05) is 18.2 Å². The maximum atomic E-state index is 11.3. The highest BCUT2D eigenvalue weighted by molar-refractivity contribution is 5.93. The summed E-state index contributed by atoms with van der Waals surface area (Å²) < 4.78 is 0. The van der Waals surface area contributed by atoms with Crippen LogP contribution in [0.5, 0.6) is 0 Å². The van der Waals surface area contributed by atoms with Gasteiger partial charge in [0.15, 0.2) is 0 Å². The maximum Gasteiger partial charge on any atom is 0.327 e. The molecule has 1 aromatic carbocycles. The summed E-state index contributed by atoms with van der Waals surface area (Å²) in [6.07, 6.45) is 0.245. The van der Waals surface area contributed by atoms with E-state index < -0.39 is 24.0 Å². The average molecular weight is 259 g/mol. The van der Waals surface area contributed by atoms with Gasteiger partial charge in [0.25, 0.3) is 0 Å². The molecule has 1 radical (unpaired) electrons. The minimum atomic E-state index is -1.12. The number of aliphatic carboxylic acids is 2. The minimum absolute atomic E-state index is 0.245. The third-order valence-electron chi connectivity index (χ3n) is 3.37. The van der Waals surface area contributed by atoms with Crippen molar-refractivity contribution in [1.82, 2.24) is 10.6 Å². The zero-order chi connectivity index (χ0) is 13.6. The molecule has 0 amide bonds. The van der Waals surface area contributed by atoms with E-state index in [2.05, 4.69) is 10.6 Å². The van der Waals surface area contributed by atoms with Crippen LogP contribution in [0.1, 0.15) is 12.0 Å². The van der Waals surface area contributed by atoms with E-state index in [-0.39, 0.29) is 6.42 Å². The van der Waals surface area contributed by atoms with E-state index in [0.717, 1.165) is 5.56 Å². The Hall–Kier alpha value is -2.34. The Morgan fingerprint density at radius 2 is 1.95 bits per heavy atom. The van der Waals surface area contributed by atoms with Gasteiger partial charge in [0.2, 0.25) is 0 Å².